The predicted molar refractivity (Wildman–Crippen MR) is 65.3 cm³/mol. The Labute approximate surface area is 96.1 Å². The second-order valence-electron chi connectivity index (χ2n) is 4.51. The van der Waals surface area contributed by atoms with Crippen LogP contribution in [0.1, 0.15) is 55.8 Å². The lowest BCUT2D eigenvalue weighted by Crippen LogP contribution is -2.33. The molecule has 0 amide bonds. The van der Waals surface area contributed by atoms with Gasteiger partial charge in [0, 0.05) is 17.5 Å². The van der Waals surface area contributed by atoms with Crippen LogP contribution >= 0.6 is 11.3 Å². The lowest BCUT2D eigenvalue weighted by atomic mass is 9.95. The first-order chi connectivity index (χ1) is 7.25. The van der Waals surface area contributed by atoms with Gasteiger partial charge >= 0.3 is 0 Å². The quantitative estimate of drug-likeness (QED) is 0.850. The number of hydrogen-bond acceptors (Lipinski definition) is 3. The fourth-order valence-corrected chi connectivity index (χ4v) is 2.99. The van der Waals surface area contributed by atoms with Crippen LogP contribution in [-0.4, -0.2) is 11.0 Å². The molecule has 1 saturated carbocycles. The van der Waals surface area contributed by atoms with E-state index < -0.39 is 0 Å². The van der Waals surface area contributed by atoms with Gasteiger partial charge in [0.1, 0.15) is 0 Å². The third-order valence-corrected chi connectivity index (χ3v) is 3.96. The van der Waals surface area contributed by atoms with Crippen molar-refractivity contribution in [1.82, 2.24) is 10.3 Å². The van der Waals surface area contributed by atoms with Crippen molar-refractivity contribution < 1.29 is 0 Å². The van der Waals surface area contributed by atoms with E-state index in [0.29, 0.717) is 6.04 Å². The minimum absolute atomic E-state index is 0.415. The van der Waals surface area contributed by atoms with Crippen molar-refractivity contribution in [3.63, 3.8) is 0 Å². The average Bonchev–Trinajstić information content (AvgIpc) is 2.66. The van der Waals surface area contributed by atoms with Gasteiger partial charge in [0.05, 0.1) is 10.7 Å². The van der Waals surface area contributed by atoms with Gasteiger partial charge in [0.25, 0.3) is 0 Å². The van der Waals surface area contributed by atoms with Gasteiger partial charge in [-0.2, -0.15) is 0 Å². The molecule has 0 bridgehead atoms. The van der Waals surface area contributed by atoms with Gasteiger partial charge in [-0.1, -0.05) is 19.3 Å². The first-order valence-corrected chi connectivity index (χ1v) is 6.82. The molecule has 0 radical (unpaired) electrons. The average molecular weight is 224 g/mol. The molecule has 1 unspecified atom stereocenters. The monoisotopic (exact) mass is 224 g/mol. The summed E-state index contributed by atoms with van der Waals surface area (Å²) in [6, 6.07) is 1.13. The van der Waals surface area contributed by atoms with Crippen LogP contribution in [0.15, 0.2) is 5.38 Å². The maximum absolute atomic E-state index is 4.53. The van der Waals surface area contributed by atoms with Gasteiger partial charge in [-0.15, -0.1) is 11.3 Å². The molecule has 84 valence electrons. The summed E-state index contributed by atoms with van der Waals surface area (Å²) in [5.41, 5.74) is 1.21. The summed E-state index contributed by atoms with van der Waals surface area (Å²) in [5, 5.41) is 7.04. The number of nitrogens with zero attached hydrogens (tertiary/aromatic N) is 1. The molecule has 0 aliphatic heterocycles. The largest absolute Gasteiger partial charge is 0.306 e. The second-order valence-corrected chi connectivity index (χ2v) is 5.58. The Balaban J connectivity index is 1.88. The van der Waals surface area contributed by atoms with E-state index in [0.717, 1.165) is 6.04 Å². The number of hydrogen-bond donors (Lipinski definition) is 1. The summed E-state index contributed by atoms with van der Waals surface area (Å²) in [4.78, 5) is 4.53. The molecule has 0 saturated heterocycles. The molecule has 15 heavy (non-hydrogen) atoms. The summed E-state index contributed by atoms with van der Waals surface area (Å²) in [6.07, 6.45) is 6.88. The van der Waals surface area contributed by atoms with Crippen molar-refractivity contribution in [3.05, 3.63) is 16.1 Å². The molecule has 1 atom stereocenters. The smallest absolute Gasteiger partial charge is 0.0898 e. The van der Waals surface area contributed by atoms with Crippen LogP contribution in [0.2, 0.25) is 0 Å². The van der Waals surface area contributed by atoms with Crippen LogP contribution in [0, 0.1) is 6.92 Å². The van der Waals surface area contributed by atoms with E-state index in [-0.39, 0.29) is 0 Å². The molecule has 1 fully saturated rings. The maximum Gasteiger partial charge on any atom is 0.0898 e. The molecule has 0 spiro atoms. The minimum atomic E-state index is 0.415. The Kier molecular flexibility index (Phi) is 3.76. The van der Waals surface area contributed by atoms with E-state index in [1.54, 1.807) is 11.3 Å². The Morgan fingerprint density at radius 3 is 2.73 bits per heavy atom. The van der Waals surface area contributed by atoms with Crippen molar-refractivity contribution >= 4 is 11.3 Å². The minimum Gasteiger partial charge on any atom is -0.306 e. The number of aromatic nitrogens is 1. The lowest BCUT2D eigenvalue weighted by Gasteiger charge is -2.25. The topological polar surface area (TPSA) is 24.9 Å². The molecule has 1 aliphatic carbocycles. The van der Waals surface area contributed by atoms with Gasteiger partial charge in [-0.3, -0.25) is 0 Å². The molecular weight excluding hydrogens is 204 g/mol. The fraction of sp³-hybridized carbons (Fsp3) is 0.750. The van der Waals surface area contributed by atoms with E-state index in [4.69, 9.17) is 0 Å². The van der Waals surface area contributed by atoms with Crippen LogP contribution < -0.4 is 5.32 Å². The SMILES string of the molecule is Cc1nc(C(C)NC2CCCCC2)cs1. The molecule has 0 aromatic carbocycles. The highest BCUT2D eigenvalue weighted by molar-refractivity contribution is 7.09. The molecule has 1 aromatic rings. The summed E-state index contributed by atoms with van der Waals surface area (Å²) >= 11 is 1.74. The standard InChI is InChI=1S/C12H20N2S/c1-9(12-8-15-10(2)14-12)13-11-6-4-3-5-7-11/h8-9,11,13H,3-7H2,1-2H3. The molecule has 1 aliphatic rings. The van der Waals surface area contributed by atoms with Gasteiger partial charge in [0.15, 0.2) is 0 Å². The van der Waals surface area contributed by atoms with Crippen molar-refractivity contribution in [3.8, 4) is 0 Å². The highest BCUT2D eigenvalue weighted by Crippen LogP contribution is 2.22. The first kappa shape index (κ1) is 11.1. The third kappa shape index (κ3) is 3.02. The summed E-state index contributed by atoms with van der Waals surface area (Å²) in [7, 11) is 0. The zero-order valence-corrected chi connectivity index (χ0v) is 10.4. The van der Waals surface area contributed by atoms with E-state index in [9.17, 15) is 0 Å². The van der Waals surface area contributed by atoms with Crippen LogP contribution in [-0.2, 0) is 0 Å². The zero-order chi connectivity index (χ0) is 10.7. The van der Waals surface area contributed by atoms with Gasteiger partial charge < -0.3 is 5.32 Å². The third-order valence-electron chi connectivity index (χ3n) is 3.17. The molecule has 1 aromatic heterocycles. The van der Waals surface area contributed by atoms with Crippen LogP contribution in [0.5, 0.6) is 0 Å². The maximum atomic E-state index is 4.53. The second kappa shape index (κ2) is 5.08. The van der Waals surface area contributed by atoms with Crippen molar-refractivity contribution in [1.29, 1.82) is 0 Å². The highest BCUT2D eigenvalue weighted by Gasteiger charge is 2.17. The summed E-state index contributed by atoms with van der Waals surface area (Å²) < 4.78 is 0. The lowest BCUT2D eigenvalue weighted by molar-refractivity contribution is 0.345. The molecule has 3 heteroatoms. The van der Waals surface area contributed by atoms with E-state index in [1.807, 2.05) is 0 Å². The summed E-state index contributed by atoms with van der Waals surface area (Å²) in [6.45, 7) is 4.30. The van der Waals surface area contributed by atoms with Gasteiger partial charge in [-0.25, -0.2) is 4.98 Å². The molecule has 1 heterocycles. The normalized spacial score (nSPS) is 20.4. The zero-order valence-electron chi connectivity index (χ0n) is 9.62. The molecule has 2 nitrogen and oxygen atoms in total. The van der Waals surface area contributed by atoms with E-state index >= 15 is 0 Å². The molecule has 1 N–H and O–H groups in total. The molecular formula is C12H20N2S. The van der Waals surface area contributed by atoms with Crippen molar-refractivity contribution in [2.75, 3.05) is 0 Å². The van der Waals surface area contributed by atoms with Crippen LogP contribution in [0.4, 0.5) is 0 Å². The Morgan fingerprint density at radius 1 is 1.40 bits per heavy atom. The number of rotatable bonds is 3. The number of aryl methyl sites for hydroxylation is 1. The number of thiazole rings is 1. The van der Waals surface area contributed by atoms with Gasteiger partial charge in [-0.05, 0) is 26.7 Å². The number of nitrogens with one attached hydrogen (secondary N) is 1. The first-order valence-electron chi connectivity index (χ1n) is 5.94. The van der Waals surface area contributed by atoms with Crippen molar-refractivity contribution in [2.45, 2.75) is 58.0 Å². The Morgan fingerprint density at radius 2 is 2.13 bits per heavy atom. The fourth-order valence-electron chi connectivity index (χ4n) is 2.29. The van der Waals surface area contributed by atoms with E-state index in [2.05, 4.69) is 29.5 Å². The van der Waals surface area contributed by atoms with Crippen LogP contribution in [0.3, 0.4) is 0 Å². The summed E-state index contributed by atoms with van der Waals surface area (Å²) in [5.74, 6) is 0. The highest BCUT2D eigenvalue weighted by atomic mass is 32.1. The predicted octanol–water partition coefficient (Wildman–Crippen LogP) is 3.43. The Hall–Kier alpha value is -0.410. The molecule has 2 rings (SSSR count). The van der Waals surface area contributed by atoms with E-state index in [1.165, 1.54) is 42.8 Å². The van der Waals surface area contributed by atoms with Crippen molar-refractivity contribution in [2.24, 2.45) is 0 Å². The Bertz CT molecular complexity index is 302. The van der Waals surface area contributed by atoms with Gasteiger partial charge in [0.2, 0.25) is 0 Å². The van der Waals surface area contributed by atoms with Crippen LogP contribution in [0.25, 0.3) is 0 Å².